The first-order valence-electron chi connectivity index (χ1n) is 10.5. The van der Waals surface area contributed by atoms with Crippen molar-refractivity contribution in [1.82, 2.24) is 9.78 Å². The first-order chi connectivity index (χ1) is 14.9. The smallest absolute Gasteiger partial charge is 0.532 e. The Morgan fingerprint density at radius 3 is 2.71 bits per heavy atom. The van der Waals surface area contributed by atoms with Gasteiger partial charge in [-0.1, -0.05) is 33.1 Å². The van der Waals surface area contributed by atoms with E-state index in [2.05, 4.69) is 30.8 Å². The number of carbonyl (C=O) groups is 1. The number of hydrogen-bond acceptors (Lipinski definition) is 6. The number of anilines is 2. The van der Waals surface area contributed by atoms with Crippen molar-refractivity contribution in [1.29, 1.82) is 5.26 Å². The van der Waals surface area contributed by atoms with E-state index in [0.29, 0.717) is 23.2 Å². The molecule has 1 aliphatic heterocycles. The molecule has 2 heterocycles. The molecule has 0 atom stereocenters. The zero-order chi connectivity index (χ0) is 22.5. The third kappa shape index (κ3) is 4.92. The van der Waals surface area contributed by atoms with E-state index in [1.165, 1.54) is 19.3 Å². The van der Waals surface area contributed by atoms with Crippen LogP contribution in [0, 0.1) is 17.8 Å². The van der Waals surface area contributed by atoms with Gasteiger partial charge in [-0.15, -0.1) is 0 Å². The lowest BCUT2D eigenvalue weighted by molar-refractivity contribution is 0.100. The maximum atomic E-state index is 12.0. The van der Waals surface area contributed by atoms with E-state index < -0.39 is 13.0 Å². The van der Waals surface area contributed by atoms with Crippen LogP contribution in [0.2, 0.25) is 0 Å². The molecule has 1 amide bonds. The first kappa shape index (κ1) is 22.4. The summed E-state index contributed by atoms with van der Waals surface area (Å²) in [4.78, 5) is 12.0. The molecular formula is C22H28BN5O3. The Balaban J connectivity index is 0.00000132. The van der Waals surface area contributed by atoms with E-state index in [1.54, 1.807) is 12.2 Å². The second-order valence-corrected chi connectivity index (χ2v) is 8.15. The monoisotopic (exact) mass is 421 g/mol. The molecule has 2 aliphatic rings. The van der Waals surface area contributed by atoms with Crippen LogP contribution in [0.25, 0.3) is 5.57 Å². The molecule has 31 heavy (non-hydrogen) atoms. The van der Waals surface area contributed by atoms with Gasteiger partial charge in [0.2, 0.25) is 0 Å². The molecular weight excluding hydrogens is 393 g/mol. The van der Waals surface area contributed by atoms with Gasteiger partial charge in [0, 0.05) is 24.0 Å². The second kappa shape index (κ2) is 9.71. The quantitative estimate of drug-likeness (QED) is 0.630. The Bertz CT molecular complexity index is 992. The number of allylic oxidation sites excluding steroid dienone is 1. The Labute approximate surface area is 182 Å². The van der Waals surface area contributed by atoms with Crippen LogP contribution in [-0.4, -0.2) is 27.8 Å². The van der Waals surface area contributed by atoms with Crippen molar-refractivity contribution in [2.75, 3.05) is 5.32 Å². The number of amides is 1. The molecule has 0 radical (unpaired) electrons. The van der Waals surface area contributed by atoms with Crippen LogP contribution >= 0.6 is 0 Å². The van der Waals surface area contributed by atoms with E-state index in [9.17, 15) is 9.82 Å². The summed E-state index contributed by atoms with van der Waals surface area (Å²) in [5.41, 5.74) is 8.72. The zero-order valence-corrected chi connectivity index (χ0v) is 17.9. The van der Waals surface area contributed by atoms with Crippen LogP contribution in [0.4, 0.5) is 11.5 Å². The summed E-state index contributed by atoms with van der Waals surface area (Å²) in [5, 5.41) is 24.3. The number of hydrogen-bond donors (Lipinski definition) is 3. The van der Waals surface area contributed by atoms with Crippen LogP contribution in [0.3, 0.4) is 0 Å². The molecule has 0 bridgehead atoms. The van der Waals surface area contributed by atoms with Crippen molar-refractivity contribution >= 4 is 30.1 Å². The maximum Gasteiger partial charge on any atom is 0.552 e. The SMILES string of the molecule is C#N.CC(C)C1=CB(O)Oc2ccc(Nc3nn(C4CCCCC4)cc3C(N)=O)cc21. The lowest BCUT2D eigenvalue weighted by Crippen LogP contribution is -2.24. The van der Waals surface area contributed by atoms with Gasteiger partial charge in [-0.3, -0.25) is 9.48 Å². The molecule has 9 heteroatoms. The molecule has 8 nitrogen and oxygen atoms in total. The molecule has 0 saturated heterocycles. The summed E-state index contributed by atoms with van der Waals surface area (Å²) in [5.74, 6) is 2.56. The highest BCUT2D eigenvalue weighted by atomic mass is 16.5. The fourth-order valence-electron chi connectivity index (χ4n) is 4.18. The van der Waals surface area contributed by atoms with Crippen LogP contribution in [-0.2, 0) is 0 Å². The molecule has 4 N–H and O–H groups in total. The standard InChI is InChI=1S/C21H27BN4O3.CHN/c1-13(2)17-11-22(28)29-19-9-8-14(10-16(17)19)24-21-18(20(23)27)12-26(25-21)15-6-4-3-5-7-15;1-2/h8-13,15,28H,3-7H2,1-2H3,(H2,23,27)(H,24,25);1H. The van der Waals surface area contributed by atoms with Crippen molar-refractivity contribution in [2.45, 2.75) is 52.0 Å². The number of fused-ring (bicyclic) bond motifs is 1. The molecule has 1 saturated carbocycles. The lowest BCUT2D eigenvalue weighted by Gasteiger charge is -2.23. The Morgan fingerprint density at radius 2 is 2.06 bits per heavy atom. The van der Waals surface area contributed by atoms with Crippen molar-refractivity contribution in [3.8, 4) is 12.3 Å². The topological polar surface area (TPSA) is 126 Å². The summed E-state index contributed by atoms with van der Waals surface area (Å²) in [6.45, 7) is 7.65. The number of nitriles is 1. The molecule has 0 spiro atoms. The first-order valence-corrected chi connectivity index (χ1v) is 10.5. The Morgan fingerprint density at radius 1 is 1.35 bits per heavy atom. The highest BCUT2D eigenvalue weighted by molar-refractivity contribution is 6.52. The van der Waals surface area contributed by atoms with Crippen molar-refractivity contribution in [2.24, 2.45) is 11.7 Å². The second-order valence-electron chi connectivity index (χ2n) is 8.15. The van der Waals surface area contributed by atoms with Crippen molar-refractivity contribution in [3.63, 3.8) is 0 Å². The molecule has 1 aromatic heterocycles. The van der Waals surface area contributed by atoms with Gasteiger partial charge in [0.25, 0.3) is 5.91 Å². The van der Waals surface area contributed by atoms with Crippen molar-refractivity contribution in [3.05, 3.63) is 41.5 Å². The highest BCUT2D eigenvalue weighted by Crippen LogP contribution is 2.37. The summed E-state index contributed by atoms with van der Waals surface area (Å²) in [6.07, 6.45) is 7.52. The van der Waals surface area contributed by atoms with Crippen LogP contribution in [0.15, 0.2) is 30.4 Å². The van der Waals surface area contributed by atoms with Crippen molar-refractivity contribution < 1.29 is 14.5 Å². The minimum Gasteiger partial charge on any atom is -0.532 e. The fraction of sp³-hybridized carbons (Fsp3) is 0.409. The van der Waals surface area contributed by atoms with Gasteiger partial charge in [-0.2, -0.15) is 5.10 Å². The molecule has 162 valence electrons. The van der Waals surface area contributed by atoms with Crippen LogP contribution in [0.1, 0.15) is 67.9 Å². The number of primary amides is 1. The van der Waals surface area contributed by atoms with E-state index >= 15 is 0 Å². The summed E-state index contributed by atoms with van der Waals surface area (Å²) >= 11 is 0. The molecule has 4 rings (SSSR count). The van der Waals surface area contributed by atoms with Crippen LogP contribution in [0.5, 0.6) is 5.75 Å². The summed E-state index contributed by atoms with van der Waals surface area (Å²) in [7, 11) is -0.939. The van der Waals surface area contributed by atoms with E-state index in [-0.39, 0.29) is 5.92 Å². The highest BCUT2D eigenvalue weighted by Gasteiger charge is 2.26. The average Bonchev–Trinajstić information content (AvgIpc) is 3.19. The van der Waals surface area contributed by atoms with Gasteiger partial charge >= 0.3 is 7.12 Å². The lowest BCUT2D eigenvalue weighted by atomic mass is 9.78. The number of rotatable bonds is 5. The van der Waals surface area contributed by atoms with Crippen LogP contribution < -0.4 is 15.7 Å². The average molecular weight is 421 g/mol. The Kier molecular flexibility index (Phi) is 7.03. The van der Waals surface area contributed by atoms with Gasteiger partial charge < -0.3 is 20.7 Å². The van der Waals surface area contributed by atoms with Gasteiger partial charge in [0.05, 0.1) is 6.04 Å². The third-order valence-electron chi connectivity index (χ3n) is 5.69. The summed E-state index contributed by atoms with van der Waals surface area (Å²) in [6, 6.07) is 5.93. The van der Waals surface area contributed by atoms with Gasteiger partial charge in [-0.25, -0.2) is 5.26 Å². The predicted molar refractivity (Wildman–Crippen MR) is 121 cm³/mol. The minimum atomic E-state index is -0.939. The maximum absolute atomic E-state index is 12.0. The zero-order valence-electron chi connectivity index (χ0n) is 17.9. The Hall–Kier alpha value is -3.25. The number of aromatic nitrogens is 2. The largest absolute Gasteiger partial charge is 0.552 e. The fourth-order valence-corrected chi connectivity index (χ4v) is 4.18. The molecule has 2 aromatic rings. The molecule has 1 fully saturated rings. The molecule has 1 aliphatic carbocycles. The number of nitrogens with one attached hydrogen (secondary N) is 1. The number of carbonyl (C=O) groups excluding carboxylic acids is 1. The predicted octanol–water partition coefficient (Wildman–Crippen LogP) is 3.82. The van der Waals surface area contributed by atoms with E-state index in [1.807, 2.05) is 22.9 Å². The minimum absolute atomic E-state index is 0.231. The van der Waals surface area contributed by atoms with Gasteiger partial charge in [0.1, 0.15) is 11.3 Å². The van der Waals surface area contributed by atoms with E-state index in [4.69, 9.17) is 15.6 Å². The molecule has 1 aromatic carbocycles. The third-order valence-corrected chi connectivity index (χ3v) is 5.69. The number of nitrogens with two attached hydrogens (primary N) is 1. The normalized spacial score (nSPS) is 15.9. The summed E-state index contributed by atoms with van der Waals surface area (Å²) < 4.78 is 7.41. The van der Waals surface area contributed by atoms with Gasteiger partial charge in [-0.05, 0) is 48.5 Å². The van der Waals surface area contributed by atoms with Gasteiger partial charge in [0.15, 0.2) is 5.82 Å². The number of nitrogens with zero attached hydrogens (tertiary/aromatic N) is 3. The van der Waals surface area contributed by atoms with E-state index in [0.717, 1.165) is 29.7 Å². The molecule has 0 unspecified atom stereocenters. The number of benzene rings is 1.